The van der Waals surface area contributed by atoms with Gasteiger partial charge >= 0.3 is 0 Å². The van der Waals surface area contributed by atoms with E-state index in [1.807, 2.05) is 72.8 Å². The molecule has 2 amide bonds. The highest BCUT2D eigenvalue weighted by Gasteiger charge is 2.12. The van der Waals surface area contributed by atoms with Gasteiger partial charge in [-0.25, -0.2) is 9.97 Å². The fourth-order valence-corrected chi connectivity index (χ4v) is 3.97. The van der Waals surface area contributed by atoms with Gasteiger partial charge in [-0.1, -0.05) is 24.3 Å². The van der Waals surface area contributed by atoms with Gasteiger partial charge in [-0.05, 0) is 72.8 Å². The van der Waals surface area contributed by atoms with Crippen LogP contribution >= 0.6 is 0 Å². The third kappa shape index (κ3) is 4.19. The van der Waals surface area contributed by atoms with Gasteiger partial charge < -0.3 is 15.3 Å². The third-order valence-electron chi connectivity index (χ3n) is 5.84. The molecule has 0 radical (unpaired) electrons. The number of hydrogen-bond donors (Lipinski definition) is 4. The summed E-state index contributed by atoms with van der Waals surface area (Å²) in [7, 11) is 0. The van der Waals surface area contributed by atoms with Crippen LogP contribution in [0.1, 0.15) is 20.7 Å². The molecule has 2 heterocycles. The van der Waals surface area contributed by atoms with Crippen molar-refractivity contribution in [3.8, 4) is 11.4 Å². The zero-order chi connectivity index (χ0) is 24.5. The number of imidazole rings is 2. The molecule has 0 aliphatic carbocycles. The second kappa shape index (κ2) is 8.84. The smallest absolute Gasteiger partial charge is 0.257 e. The zero-order valence-corrected chi connectivity index (χ0v) is 18.9. The summed E-state index contributed by atoms with van der Waals surface area (Å²) >= 11 is 0. The normalized spacial score (nSPS) is 11.0. The molecule has 0 aliphatic heterocycles. The van der Waals surface area contributed by atoms with E-state index in [1.54, 1.807) is 24.3 Å². The maximum atomic E-state index is 12.7. The van der Waals surface area contributed by atoms with Crippen LogP contribution in [0.4, 0.5) is 11.6 Å². The van der Waals surface area contributed by atoms with Crippen LogP contribution in [0.2, 0.25) is 0 Å². The van der Waals surface area contributed by atoms with Gasteiger partial charge in [-0.2, -0.15) is 0 Å². The Morgan fingerprint density at radius 2 is 1.14 bits per heavy atom. The summed E-state index contributed by atoms with van der Waals surface area (Å²) in [6, 6.07) is 29.3. The average molecular weight is 473 g/mol. The molecule has 4 aromatic carbocycles. The molecule has 6 rings (SSSR count). The maximum Gasteiger partial charge on any atom is 0.257 e. The number of hydrogen-bond acceptors (Lipinski definition) is 4. The largest absolute Gasteiger partial charge is 0.338 e. The average Bonchev–Trinajstić information content (AvgIpc) is 3.53. The van der Waals surface area contributed by atoms with Gasteiger partial charge in [0.25, 0.3) is 11.8 Å². The highest BCUT2D eigenvalue weighted by Crippen LogP contribution is 2.22. The first-order valence-corrected chi connectivity index (χ1v) is 11.4. The lowest BCUT2D eigenvalue weighted by Gasteiger charge is -2.07. The third-order valence-corrected chi connectivity index (χ3v) is 5.84. The Balaban J connectivity index is 1.11. The number of aromatic nitrogens is 4. The van der Waals surface area contributed by atoms with Crippen molar-refractivity contribution in [1.82, 2.24) is 19.9 Å². The summed E-state index contributed by atoms with van der Waals surface area (Å²) in [5, 5.41) is 5.63. The van der Waals surface area contributed by atoms with Crippen LogP contribution in [0.25, 0.3) is 33.5 Å². The van der Waals surface area contributed by atoms with E-state index in [0.717, 1.165) is 33.5 Å². The van der Waals surface area contributed by atoms with E-state index in [-0.39, 0.29) is 11.8 Å². The number of nitrogens with one attached hydrogen (secondary N) is 4. The molecule has 6 aromatic rings. The van der Waals surface area contributed by atoms with Crippen LogP contribution in [0.3, 0.4) is 0 Å². The first-order valence-electron chi connectivity index (χ1n) is 11.4. The molecule has 0 fully saturated rings. The van der Waals surface area contributed by atoms with E-state index in [4.69, 9.17) is 0 Å². The van der Waals surface area contributed by atoms with E-state index in [0.29, 0.717) is 22.8 Å². The van der Waals surface area contributed by atoms with Gasteiger partial charge in [-0.3, -0.25) is 14.9 Å². The highest BCUT2D eigenvalue weighted by molar-refractivity contribution is 6.07. The number of H-pyrrole nitrogens is 2. The summed E-state index contributed by atoms with van der Waals surface area (Å²) in [5.74, 6) is 0.553. The van der Waals surface area contributed by atoms with Crippen molar-refractivity contribution in [3.05, 3.63) is 108 Å². The minimum Gasteiger partial charge on any atom is -0.338 e. The number of nitrogens with zero attached hydrogens (tertiary/aromatic N) is 2. The Bertz CT molecular complexity index is 1650. The number of para-hydroxylation sites is 4. The number of carbonyl (C=O) groups is 2. The molecule has 0 bridgehead atoms. The summed E-state index contributed by atoms with van der Waals surface area (Å²) in [4.78, 5) is 40.6. The lowest BCUT2D eigenvalue weighted by atomic mass is 10.1. The number of aromatic amines is 2. The fraction of sp³-hybridized carbons (Fsp3) is 0. The molecule has 2 aromatic heterocycles. The van der Waals surface area contributed by atoms with Gasteiger partial charge in [0, 0.05) is 22.4 Å². The molecule has 4 N–H and O–H groups in total. The van der Waals surface area contributed by atoms with E-state index in [1.165, 1.54) is 0 Å². The second-order valence-corrected chi connectivity index (χ2v) is 8.27. The number of carbonyl (C=O) groups excluding carboxylic acids is 2. The van der Waals surface area contributed by atoms with Crippen LogP contribution in [-0.2, 0) is 0 Å². The van der Waals surface area contributed by atoms with Crippen molar-refractivity contribution in [2.75, 3.05) is 10.6 Å². The number of fused-ring (bicyclic) bond motifs is 2. The van der Waals surface area contributed by atoms with E-state index < -0.39 is 0 Å². The molecule has 0 atom stereocenters. The molecule has 8 heteroatoms. The molecule has 0 aliphatic rings. The Morgan fingerprint density at radius 1 is 0.583 bits per heavy atom. The minimum absolute atomic E-state index is 0.268. The van der Waals surface area contributed by atoms with Gasteiger partial charge in [0.15, 0.2) is 0 Å². The van der Waals surface area contributed by atoms with Crippen molar-refractivity contribution in [1.29, 1.82) is 0 Å². The Kier molecular flexibility index (Phi) is 5.23. The number of anilines is 2. The number of amides is 2. The van der Waals surface area contributed by atoms with Crippen LogP contribution in [0, 0.1) is 0 Å². The van der Waals surface area contributed by atoms with E-state index in [2.05, 4.69) is 30.6 Å². The summed E-state index contributed by atoms with van der Waals surface area (Å²) in [6.07, 6.45) is 0. The van der Waals surface area contributed by atoms with E-state index >= 15 is 0 Å². The zero-order valence-electron chi connectivity index (χ0n) is 18.9. The summed E-state index contributed by atoms with van der Waals surface area (Å²) in [5.41, 5.74) is 5.92. The molecule has 0 spiro atoms. The second-order valence-electron chi connectivity index (χ2n) is 8.27. The van der Waals surface area contributed by atoms with Crippen LogP contribution < -0.4 is 10.6 Å². The molecule has 36 heavy (non-hydrogen) atoms. The molecule has 174 valence electrons. The monoisotopic (exact) mass is 472 g/mol. The summed E-state index contributed by atoms with van der Waals surface area (Å²) < 4.78 is 0. The van der Waals surface area contributed by atoms with Gasteiger partial charge in [0.05, 0.1) is 22.1 Å². The van der Waals surface area contributed by atoms with E-state index in [9.17, 15) is 9.59 Å². The minimum atomic E-state index is -0.317. The van der Waals surface area contributed by atoms with Gasteiger partial charge in [0.2, 0.25) is 5.95 Å². The summed E-state index contributed by atoms with van der Waals surface area (Å²) in [6.45, 7) is 0. The molecular weight excluding hydrogens is 452 g/mol. The molecule has 0 unspecified atom stereocenters. The Hall–Kier alpha value is -5.24. The predicted octanol–water partition coefficient (Wildman–Crippen LogP) is 5.61. The van der Waals surface area contributed by atoms with Gasteiger partial charge in [0.1, 0.15) is 5.82 Å². The highest BCUT2D eigenvalue weighted by atomic mass is 16.2. The SMILES string of the molecule is O=C(Nc1ccc(-c2nc3ccccc3[nH]2)cc1)c1ccc(C(=O)Nc2nc3ccccc3[nH]2)cc1. The predicted molar refractivity (Wildman–Crippen MR) is 140 cm³/mol. The molecule has 8 nitrogen and oxygen atoms in total. The quantitative estimate of drug-likeness (QED) is 0.261. The number of benzene rings is 4. The lowest BCUT2D eigenvalue weighted by molar-refractivity contribution is 0.101. The molecule has 0 saturated heterocycles. The van der Waals surface area contributed by atoms with Crippen LogP contribution in [-0.4, -0.2) is 31.8 Å². The van der Waals surface area contributed by atoms with Crippen molar-refractivity contribution in [3.63, 3.8) is 0 Å². The van der Waals surface area contributed by atoms with Gasteiger partial charge in [-0.15, -0.1) is 0 Å². The van der Waals surface area contributed by atoms with Crippen molar-refractivity contribution < 1.29 is 9.59 Å². The fourth-order valence-electron chi connectivity index (χ4n) is 3.97. The maximum absolute atomic E-state index is 12.7. The van der Waals surface area contributed by atoms with Crippen LogP contribution in [0.15, 0.2) is 97.1 Å². The molecule has 0 saturated carbocycles. The first kappa shape index (κ1) is 21.3. The topological polar surface area (TPSA) is 116 Å². The van der Waals surface area contributed by atoms with Crippen molar-refractivity contribution in [2.24, 2.45) is 0 Å². The first-order chi connectivity index (χ1) is 17.6. The van der Waals surface area contributed by atoms with Crippen molar-refractivity contribution in [2.45, 2.75) is 0 Å². The Morgan fingerprint density at radius 3 is 1.75 bits per heavy atom. The Labute approximate surface area is 205 Å². The standard InChI is InChI=1S/C28H20N6O2/c35-26(29-20-15-13-17(14-16-20)25-30-21-5-1-2-6-22(21)31-25)18-9-11-19(12-10-18)27(36)34-28-32-23-7-3-4-8-24(23)33-28/h1-16H,(H,29,35)(H,30,31)(H2,32,33,34,36). The van der Waals surface area contributed by atoms with Crippen LogP contribution in [0.5, 0.6) is 0 Å². The molecular formula is C28H20N6O2. The lowest BCUT2D eigenvalue weighted by Crippen LogP contribution is -2.15. The number of rotatable bonds is 5. The van der Waals surface area contributed by atoms with Crippen molar-refractivity contribution >= 4 is 45.5 Å².